The largest absolute Gasteiger partial charge is 0.489 e. The van der Waals surface area contributed by atoms with E-state index >= 15 is 0 Å². The van der Waals surface area contributed by atoms with Crippen molar-refractivity contribution in [2.45, 2.75) is 45.5 Å². The number of nitriles is 1. The van der Waals surface area contributed by atoms with E-state index in [2.05, 4.69) is 5.32 Å². The van der Waals surface area contributed by atoms with Gasteiger partial charge in [-0.25, -0.2) is 0 Å². The van der Waals surface area contributed by atoms with Crippen LogP contribution in [0.2, 0.25) is 0 Å². The highest BCUT2D eigenvalue weighted by molar-refractivity contribution is 5.88. The van der Waals surface area contributed by atoms with Crippen LogP contribution in [0.15, 0.2) is 36.4 Å². The van der Waals surface area contributed by atoms with Gasteiger partial charge in [-0.15, -0.1) is 0 Å². The van der Waals surface area contributed by atoms with Crippen LogP contribution >= 0.6 is 0 Å². The van der Waals surface area contributed by atoms with E-state index in [1.165, 1.54) is 13.0 Å². The Labute approximate surface area is 173 Å². The van der Waals surface area contributed by atoms with E-state index in [4.69, 9.17) is 10.00 Å². The van der Waals surface area contributed by atoms with E-state index in [1.54, 1.807) is 36.4 Å². The van der Waals surface area contributed by atoms with E-state index in [0.29, 0.717) is 23.7 Å². The molecule has 0 bridgehead atoms. The number of benzene rings is 2. The summed E-state index contributed by atoms with van der Waals surface area (Å²) in [5, 5.41) is 11.8. The summed E-state index contributed by atoms with van der Waals surface area (Å²) in [6, 6.07) is 11.2. The van der Waals surface area contributed by atoms with E-state index in [0.717, 1.165) is 0 Å². The predicted octanol–water partition coefficient (Wildman–Crippen LogP) is 4.75. The number of hydrogen-bond acceptors (Lipinski definition) is 4. The molecular weight excluding hydrogens is 395 g/mol. The third-order valence-corrected chi connectivity index (χ3v) is 5.00. The second-order valence-corrected chi connectivity index (χ2v) is 7.43. The lowest BCUT2D eigenvalue weighted by Gasteiger charge is -2.28. The van der Waals surface area contributed by atoms with Crippen molar-refractivity contribution in [3.63, 3.8) is 0 Å². The van der Waals surface area contributed by atoms with Crippen molar-refractivity contribution >= 4 is 17.3 Å². The Morgan fingerprint density at radius 1 is 1.30 bits per heavy atom. The lowest BCUT2D eigenvalue weighted by molar-refractivity contribution is -0.138. The smallest absolute Gasteiger partial charge is 0.418 e. The molecule has 0 fully saturated rings. The Morgan fingerprint density at radius 2 is 1.97 bits per heavy atom. The number of nitrogens with one attached hydrogen (secondary N) is 1. The van der Waals surface area contributed by atoms with E-state index in [-0.39, 0.29) is 35.6 Å². The van der Waals surface area contributed by atoms with Crippen molar-refractivity contribution in [1.82, 2.24) is 0 Å². The molecule has 0 saturated heterocycles. The molecule has 158 valence electrons. The maximum absolute atomic E-state index is 13.6. The number of fused-ring (bicyclic) bond motifs is 1. The zero-order valence-corrected chi connectivity index (χ0v) is 16.9. The second kappa shape index (κ2) is 8.27. The van der Waals surface area contributed by atoms with Crippen LogP contribution in [-0.4, -0.2) is 24.6 Å². The van der Waals surface area contributed by atoms with Gasteiger partial charge in [0.05, 0.1) is 23.7 Å². The molecule has 0 spiro atoms. The Bertz CT molecular complexity index is 981. The Kier molecular flexibility index (Phi) is 5.92. The van der Waals surface area contributed by atoms with Crippen molar-refractivity contribution in [2.24, 2.45) is 0 Å². The van der Waals surface area contributed by atoms with Gasteiger partial charge in [0.2, 0.25) is 5.91 Å². The molecule has 2 atom stereocenters. The molecule has 0 aliphatic carbocycles. The number of ether oxygens (including phenoxy) is 1. The quantitative estimate of drug-likeness (QED) is 0.762. The maximum Gasteiger partial charge on any atom is 0.418 e. The highest BCUT2D eigenvalue weighted by Crippen LogP contribution is 2.43. The van der Waals surface area contributed by atoms with Crippen LogP contribution in [0, 0.1) is 11.3 Å². The number of alkyl halides is 3. The summed E-state index contributed by atoms with van der Waals surface area (Å²) >= 11 is 0. The van der Waals surface area contributed by atoms with Crippen molar-refractivity contribution in [3.8, 4) is 11.8 Å². The van der Waals surface area contributed by atoms with E-state index in [1.807, 2.05) is 18.7 Å². The number of halogens is 3. The number of amides is 1. The molecule has 5 nitrogen and oxygen atoms in total. The molecule has 1 heterocycles. The average molecular weight is 417 g/mol. The minimum atomic E-state index is -4.58. The molecule has 8 heteroatoms. The molecule has 1 aliphatic heterocycles. The van der Waals surface area contributed by atoms with Crippen molar-refractivity contribution in [1.29, 1.82) is 5.26 Å². The fraction of sp³-hybridized carbons (Fsp3) is 0.364. The Morgan fingerprint density at radius 3 is 2.53 bits per heavy atom. The minimum absolute atomic E-state index is 0.150. The van der Waals surface area contributed by atoms with Crippen LogP contribution in [0.25, 0.3) is 0 Å². The molecule has 2 unspecified atom stereocenters. The van der Waals surface area contributed by atoms with Crippen LogP contribution in [0.1, 0.15) is 37.5 Å². The molecule has 2 aromatic carbocycles. The van der Waals surface area contributed by atoms with Crippen molar-refractivity contribution < 1.29 is 22.7 Å². The molecular formula is C22H22F3N3O2. The molecule has 1 aliphatic rings. The normalized spacial score (nSPS) is 16.6. The van der Waals surface area contributed by atoms with Gasteiger partial charge in [0.15, 0.2) is 0 Å². The lowest BCUT2D eigenvalue weighted by Crippen LogP contribution is -2.37. The SMILES string of the molecule is CC(=O)Nc1ccc(OC(C)CN2c3ccc(C#N)c(C(F)(F)F)c3CC2C)cc1. The standard InChI is InChI=1S/C22H22F3N3O2/c1-13-10-19-20(9-4-16(11-26)21(19)22(23,24)25)28(13)12-14(2)30-18-7-5-17(6-8-18)27-15(3)29/h4-9,13-14H,10,12H2,1-3H3,(H,27,29). The Balaban J connectivity index is 1.77. The first-order chi connectivity index (χ1) is 14.1. The summed E-state index contributed by atoms with van der Waals surface area (Å²) in [5.41, 5.74) is 0.126. The summed E-state index contributed by atoms with van der Waals surface area (Å²) in [7, 11) is 0. The molecule has 0 saturated carbocycles. The number of hydrogen-bond donors (Lipinski definition) is 1. The van der Waals surface area contributed by atoms with Gasteiger partial charge in [-0.2, -0.15) is 18.4 Å². The van der Waals surface area contributed by atoms with Gasteiger partial charge in [0.1, 0.15) is 11.9 Å². The zero-order valence-electron chi connectivity index (χ0n) is 16.9. The highest BCUT2D eigenvalue weighted by atomic mass is 19.4. The van der Waals surface area contributed by atoms with Gasteiger partial charge in [-0.05, 0) is 62.2 Å². The topological polar surface area (TPSA) is 65.4 Å². The van der Waals surface area contributed by atoms with Crippen molar-refractivity contribution in [3.05, 3.63) is 53.1 Å². The maximum atomic E-state index is 13.6. The summed E-state index contributed by atoms with van der Waals surface area (Å²) in [6.07, 6.45) is -4.66. The molecule has 0 radical (unpaired) electrons. The third kappa shape index (κ3) is 4.51. The van der Waals surface area contributed by atoms with Crippen LogP contribution in [-0.2, 0) is 17.4 Å². The van der Waals surface area contributed by atoms with Gasteiger partial charge < -0.3 is 15.0 Å². The molecule has 1 N–H and O–H groups in total. The zero-order chi connectivity index (χ0) is 22.1. The highest BCUT2D eigenvalue weighted by Gasteiger charge is 2.41. The summed E-state index contributed by atoms with van der Waals surface area (Å²) in [5.74, 6) is 0.427. The lowest BCUT2D eigenvalue weighted by atomic mass is 9.98. The van der Waals surface area contributed by atoms with Gasteiger partial charge in [-0.1, -0.05) is 0 Å². The first-order valence-corrected chi connectivity index (χ1v) is 9.54. The first kappa shape index (κ1) is 21.5. The van der Waals surface area contributed by atoms with Gasteiger partial charge in [-0.3, -0.25) is 4.79 Å². The third-order valence-electron chi connectivity index (χ3n) is 5.00. The van der Waals surface area contributed by atoms with Gasteiger partial charge >= 0.3 is 6.18 Å². The van der Waals surface area contributed by atoms with Gasteiger partial charge in [0.25, 0.3) is 0 Å². The number of anilines is 2. The monoisotopic (exact) mass is 417 g/mol. The molecule has 1 amide bonds. The first-order valence-electron chi connectivity index (χ1n) is 9.54. The molecule has 0 aromatic heterocycles. The average Bonchev–Trinajstić information content (AvgIpc) is 2.96. The van der Waals surface area contributed by atoms with E-state index < -0.39 is 11.7 Å². The van der Waals surface area contributed by atoms with E-state index in [9.17, 15) is 18.0 Å². The van der Waals surface area contributed by atoms with Crippen LogP contribution in [0.5, 0.6) is 5.75 Å². The fourth-order valence-corrected chi connectivity index (χ4v) is 3.82. The molecule has 2 aromatic rings. The molecule has 30 heavy (non-hydrogen) atoms. The minimum Gasteiger partial charge on any atom is -0.489 e. The number of nitrogens with zero attached hydrogens (tertiary/aromatic N) is 2. The summed E-state index contributed by atoms with van der Waals surface area (Å²) in [6.45, 7) is 5.53. The molecule has 3 rings (SSSR count). The van der Waals surface area contributed by atoms with Crippen LogP contribution in [0.4, 0.5) is 24.5 Å². The second-order valence-electron chi connectivity index (χ2n) is 7.43. The summed E-state index contributed by atoms with van der Waals surface area (Å²) < 4.78 is 46.7. The predicted molar refractivity (Wildman–Crippen MR) is 108 cm³/mol. The van der Waals surface area contributed by atoms with Crippen LogP contribution < -0.4 is 15.0 Å². The summed E-state index contributed by atoms with van der Waals surface area (Å²) in [4.78, 5) is 13.0. The fourth-order valence-electron chi connectivity index (χ4n) is 3.82. The van der Waals surface area contributed by atoms with Crippen molar-refractivity contribution in [2.75, 3.05) is 16.8 Å². The van der Waals surface area contributed by atoms with Gasteiger partial charge in [0, 0.05) is 24.3 Å². The van der Waals surface area contributed by atoms with Crippen LogP contribution in [0.3, 0.4) is 0 Å². The number of carbonyl (C=O) groups excluding carboxylic acids is 1. The Hall–Kier alpha value is -3.21. The number of rotatable bonds is 5. The number of carbonyl (C=O) groups is 1.